The van der Waals surface area contributed by atoms with Crippen LogP contribution >= 0.6 is 0 Å². The van der Waals surface area contributed by atoms with Gasteiger partial charge in [0.15, 0.2) is 0 Å². The number of para-hydroxylation sites is 1. The van der Waals surface area contributed by atoms with Crippen molar-refractivity contribution in [1.29, 1.82) is 0 Å². The number of amides is 2. The third-order valence-electron chi connectivity index (χ3n) is 6.34. The lowest BCUT2D eigenvalue weighted by molar-refractivity contribution is -0.116. The van der Waals surface area contributed by atoms with E-state index in [-0.39, 0.29) is 11.8 Å². The van der Waals surface area contributed by atoms with E-state index in [0.717, 1.165) is 56.0 Å². The van der Waals surface area contributed by atoms with Crippen molar-refractivity contribution in [3.8, 4) is 0 Å². The minimum Gasteiger partial charge on any atom is -0.333 e. The van der Waals surface area contributed by atoms with Crippen LogP contribution in [0.2, 0.25) is 0 Å². The maximum Gasteiger partial charge on any atom is 0.257 e. The zero-order chi connectivity index (χ0) is 23.4. The molecule has 0 saturated heterocycles. The summed E-state index contributed by atoms with van der Waals surface area (Å²) < 4.78 is 0. The van der Waals surface area contributed by atoms with Gasteiger partial charge in [0.1, 0.15) is 5.82 Å². The zero-order valence-corrected chi connectivity index (χ0v) is 20.0. The number of carbonyl (C=O) groups is 2. The fourth-order valence-electron chi connectivity index (χ4n) is 4.52. The molecule has 0 bridgehead atoms. The highest BCUT2D eigenvalue weighted by Gasteiger charge is 2.27. The van der Waals surface area contributed by atoms with Gasteiger partial charge < -0.3 is 14.7 Å². The molecule has 1 aromatic heterocycles. The molecule has 2 amide bonds. The van der Waals surface area contributed by atoms with E-state index < -0.39 is 0 Å². The van der Waals surface area contributed by atoms with Gasteiger partial charge in [-0.25, -0.2) is 9.97 Å². The third kappa shape index (κ3) is 5.96. The van der Waals surface area contributed by atoms with Crippen molar-refractivity contribution in [2.75, 3.05) is 37.6 Å². The van der Waals surface area contributed by atoms with E-state index in [4.69, 9.17) is 0 Å². The number of benzene rings is 1. The number of hydrogen-bond donors (Lipinski definition) is 0. The van der Waals surface area contributed by atoms with Crippen molar-refractivity contribution < 1.29 is 9.59 Å². The number of hydrogen-bond acceptors (Lipinski definition) is 5. The Balaban J connectivity index is 1.63. The van der Waals surface area contributed by atoms with Crippen LogP contribution < -0.4 is 4.90 Å². The average molecular weight is 450 g/mol. The van der Waals surface area contributed by atoms with E-state index in [1.54, 1.807) is 19.3 Å². The zero-order valence-electron chi connectivity index (χ0n) is 20.0. The summed E-state index contributed by atoms with van der Waals surface area (Å²) in [5.74, 6) is 1.79. The minimum absolute atomic E-state index is 0.0269. The van der Waals surface area contributed by atoms with Crippen LogP contribution in [0.15, 0.2) is 36.7 Å². The predicted molar refractivity (Wildman–Crippen MR) is 129 cm³/mol. The summed E-state index contributed by atoms with van der Waals surface area (Å²) in [5, 5.41) is 0. The topological polar surface area (TPSA) is 69.6 Å². The maximum absolute atomic E-state index is 13.5. The highest BCUT2D eigenvalue weighted by Crippen LogP contribution is 2.37. The monoisotopic (exact) mass is 449 g/mol. The Morgan fingerprint density at radius 3 is 2.42 bits per heavy atom. The summed E-state index contributed by atoms with van der Waals surface area (Å²) in [4.78, 5) is 41.1. The molecule has 0 atom stereocenters. The van der Waals surface area contributed by atoms with Crippen molar-refractivity contribution in [3.63, 3.8) is 0 Å². The number of fused-ring (bicyclic) bond motifs is 1. The molecule has 1 fully saturated rings. The van der Waals surface area contributed by atoms with Gasteiger partial charge in [0.2, 0.25) is 5.91 Å². The first-order chi connectivity index (χ1) is 15.9. The second-order valence-electron chi connectivity index (χ2n) is 9.68. The SMILES string of the molecule is CC(=O)N1CCCN(CC(C)C)CCN(C(=O)c2cnc(C3CC3)nc2)Cc2ccccc21. The van der Waals surface area contributed by atoms with E-state index in [2.05, 4.69) is 28.7 Å². The summed E-state index contributed by atoms with van der Waals surface area (Å²) in [6.45, 7) is 10.4. The molecular weight excluding hydrogens is 414 g/mol. The van der Waals surface area contributed by atoms with Gasteiger partial charge >= 0.3 is 0 Å². The van der Waals surface area contributed by atoms with Gasteiger partial charge in [-0.15, -0.1) is 0 Å². The van der Waals surface area contributed by atoms with Crippen LogP contribution in [0.25, 0.3) is 0 Å². The first-order valence-corrected chi connectivity index (χ1v) is 12.1. The molecule has 2 aromatic rings. The minimum atomic E-state index is -0.0646. The molecule has 7 nitrogen and oxygen atoms in total. The lowest BCUT2D eigenvalue weighted by Crippen LogP contribution is -2.40. The quantitative estimate of drug-likeness (QED) is 0.712. The Kier molecular flexibility index (Phi) is 7.38. The second kappa shape index (κ2) is 10.4. The van der Waals surface area contributed by atoms with Gasteiger partial charge in [-0.1, -0.05) is 32.0 Å². The number of nitrogens with zero attached hydrogens (tertiary/aromatic N) is 5. The van der Waals surface area contributed by atoms with Crippen molar-refractivity contribution in [1.82, 2.24) is 19.8 Å². The molecule has 7 heteroatoms. The van der Waals surface area contributed by atoms with E-state index in [0.29, 0.717) is 37.0 Å². The van der Waals surface area contributed by atoms with Crippen molar-refractivity contribution in [3.05, 3.63) is 53.6 Å². The summed E-state index contributed by atoms with van der Waals surface area (Å²) in [6, 6.07) is 7.92. The molecule has 4 rings (SSSR count). The summed E-state index contributed by atoms with van der Waals surface area (Å²) in [6.07, 6.45) is 6.51. The van der Waals surface area contributed by atoms with E-state index in [1.807, 2.05) is 34.1 Å². The van der Waals surface area contributed by atoms with E-state index in [1.165, 1.54) is 0 Å². The molecule has 1 saturated carbocycles. The van der Waals surface area contributed by atoms with Crippen LogP contribution in [0, 0.1) is 5.92 Å². The fourth-order valence-corrected chi connectivity index (χ4v) is 4.52. The molecule has 2 heterocycles. The molecule has 1 aliphatic carbocycles. The summed E-state index contributed by atoms with van der Waals surface area (Å²) in [7, 11) is 0. The molecule has 33 heavy (non-hydrogen) atoms. The van der Waals surface area contributed by atoms with Crippen LogP contribution in [0.3, 0.4) is 0 Å². The summed E-state index contributed by atoms with van der Waals surface area (Å²) >= 11 is 0. The normalized spacial score (nSPS) is 18.1. The predicted octanol–water partition coefficient (Wildman–Crippen LogP) is 3.71. The van der Waals surface area contributed by atoms with Crippen molar-refractivity contribution in [2.24, 2.45) is 5.92 Å². The van der Waals surface area contributed by atoms with Crippen LogP contribution in [-0.4, -0.2) is 64.3 Å². The number of aromatic nitrogens is 2. The average Bonchev–Trinajstić information content (AvgIpc) is 3.64. The van der Waals surface area contributed by atoms with Gasteiger partial charge in [0, 0.05) is 63.6 Å². The second-order valence-corrected chi connectivity index (χ2v) is 9.68. The smallest absolute Gasteiger partial charge is 0.257 e. The molecule has 0 unspecified atom stereocenters. The molecule has 0 radical (unpaired) electrons. The molecule has 0 spiro atoms. The van der Waals surface area contributed by atoms with Crippen LogP contribution in [0.5, 0.6) is 0 Å². The Bertz CT molecular complexity index is 971. The van der Waals surface area contributed by atoms with Gasteiger partial charge in [-0.3, -0.25) is 9.59 Å². The number of anilines is 1. The van der Waals surface area contributed by atoms with E-state index >= 15 is 0 Å². The Morgan fingerprint density at radius 1 is 1.03 bits per heavy atom. The van der Waals surface area contributed by atoms with E-state index in [9.17, 15) is 9.59 Å². The molecule has 0 N–H and O–H groups in total. The molecule has 176 valence electrons. The first kappa shape index (κ1) is 23.4. The lowest BCUT2D eigenvalue weighted by Gasteiger charge is -2.28. The molecule has 1 aliphatic heterocycles. The standard InChI is InChI=1S/C26H35N5O2/c1-19(2)17-29-11-6-12-31(20(3)32)24-8-5-4-7-22(24)18-30(14-13-29)26(33)23-15-27-25(28-16-23)21-9-10-21/h4-5,7-8,15-16,19,21H,6,9-14,17-18H2,1-3H3. The molecule has 1 aromatic carbocycles. The van der Waals surface area contributed by atoms with Gasteiger partial charge in [-0.2, -0.15) is 0 Å². The molecule has 2 aliphatic rings. The highest BCUT2D eigenvalue weighted by molar-refractivity contribution is 5.94. The third-order valence-corrected chi connectivity index (χ3v) is 6.34. The lowest BCUT2D eigenvalue weighted by atomic mass is 10.1. The highest BCUT2D eigenvalue weighted by atomic mass is 16.2. The molecular formula is C26H35N5O2. The van der Waals surface area contributed by atoms with Crippen LogP contribution in [0.1, 0.15) is 67.7 Å². The largest absolute Gasteiger partial charge is 0.333 e. The fraction of sp³-hybridized carbons (Fsp3) is 0.538. The Hall–Kier alpha value is -2.80. The van der Waals surface area contributed by atoms with Crippen LogP contribution in [-0.2, 0) is 11.3 Å². The maximum atomic E-state index is 13.5. The number of carbonyl (C=O) groups excluding carboxylic acids is 2. The van der Waals surface area contributed by atoms with Crippen molar-refractivity contribution in [2.45, 2.75) is 52.5 Å². The van der Waals surface area contributed by atoms with Gasteiger partial charge in [0.25, 0.3) is 5.91 Å². The van der Waals surface area contributed by atoms with Crippen molar-refractivity contribution >= 4 is 17.5 Å². The Labute approximate surface area is 196 Å². The first-order valence-electron chi connectivity index (χ1n) is 12.1. The summed E-state index contributed by atoms with van der Waals surface area (Å²) in [5.41, 5.74) is 2.39. The van der Waals surface area contributed by atoms with Gasteiger partial charge in [-0.05, 0) is 43.4 Å². The van der Waals surface area contributed by atoms with Crippen LogP contribution in [0.4, 0.5) is 5.69 Å². The Morgan fingerprint density at radius 2 is 1.76 bits per heavy atom. The van der Waals surface area contributed by atoms with Gasteiger partial charge in [0.05, 0.1) is 5.56 Å². The number of rotatable bonds is 4.